The summed E-state index contributed by atoms with van der Waals surface area (Å²) in [5.74, 6) is -0.516. The van der Waals surface area contributed by atoms with E-state index in [-0.39, 0.29) is 18.3 Å². The van der Waals surface area contributed by atoms with E-state index in [1.165, 1.54) is 11.1 Å². The van der Waals surface area contributed by atoms with E-state index in [0.717, 1.165) is 0 Å². The van der Waals surface area contributed by atoms with Crippen molar-refractivity contribution in [1.82, 2.24) is 9.88 Å². The first kappa shape index (κ1) is 13.6. The molecule has 0 unspecified atom stereocenters. The molecule has 0 aromatic carbocycles. The zero-order valence-electron chi connectivity index (χ0n) is 9.83. The average molecular weight is 259 g/mol. The second kappa shape index (κ2) is 6.30. The van der Waals surface area contributed by atoms with Gasteiger partial charge in [-0.1, -0.05) is 11.6 Å². The lowest BCUT2D eigenvalue weighted by Crippen LogP contribution is -2.29. The van der Waals surface area contributed by atoms with E-state index in [0.29, 0.717) is 23.9 Å². The summed E-state index contributed by atoms with van der Waals surface area (Å²) in [6.45, 7) is 2.41. The lowest BCUT2D eigenvalue weighted by Gasteiger charge is -2.15. The third-order valence-corrected chi connectivity index (χ3v) is 2.40. The van der Waals surface area contributed by atoms with Gasteiger partial charge in [0.15, 0.2) is 0 Å². The van der Waals surface area contributed by atoms with Crippen LogP contribution < -0.4 is 0 Å². The van der Waals surface area contributed by atoms with Crippen LogP contribution in [0.25, 0.3) is 0 Å². The molecular formula is C11H15ClN2O3. The van der Waals surface area contributed by atoms with Crippen LogP contribution in [0.2, 0.25) is 5.02 Å². The maximum atomic E-state index is 11.8. The molecule has 0 bridgehead atoms. The van der Waals surface area contributed by atoms with E-state index < -0.39 is 0 Å². The average Bonchev–Trinajstić information content (AvgIpc) is 2.72. The summed E-state index contributed by atoms with van der Waals surface area (Å²) in [6.07, 6.45) is 1.72. The van der Waals surface area contributed by atoms with Gasteiger partial charge < -0.3 is 14.6 Å². The molecule has 1 rings (SSSR count). The van der Waals surface area contributed by atoms with Crippen LogP contribution in [-0.4, -0.2) is 42.0 Å². The highest BCUT2D eigenvalue weighted by Crippen LogP contribution is 2.11. The Balaban J connectivity index is 2.45. The molecule has 6 heteroatoms. The molecule has 0 radical (unpaired) electrons. The summed E-state index contributed by atoms with van der Waals surface area (Å²) in [5, 5.41) is 0.479. The van der Waals surface area contributed by atoms with Gasteiger partial charge in [-0.25, -0.2) is 0 Å². The second-order valence-electron chi connectivity index (χ2n) is 3.51. The molecular weight excluding hydrogens is 244 g/mol. The summed E-state index contributed by atoms with van der Waals surface area (Å²) < 4.78 is 4.78. The number of hydrogen-bond acceptors (Lipinski definition) is 3. The molecule has 1 amide bonds. The summed E-state index contributed by atoms with van der Waals surface area (Å²) in [7, 11) is 1.62. The van der Waals surface area contributed by atoms with Crippen molar-refractivity contribution in [2.45, 2.75) is 13.3 Å². The number of hydrogen-bond donors (Lipinski definition) is 1. The Morgan fingerprint density at radius 2 is 2.24 bits per heavy atom. The fraction of sp³-hybridized carbons (Fsp3) is 0.455. The predicted molar refractivity (Wildman–Crippen MR) is 64.0 cm³/mol. The van der Waals surface area contributed by atoms with Crippen molar-refractivity contribution >= 4 is 23.5 Å². The molecule has 5 nitrogen and oxygen atoms in total. The van der Waals surface area contributed by atoms with Crippen molar-refractivity contribution in [3.8, 4) is 0 Å². The number of nitrogens with zero attached hydrogens (tertiary/aromatic N) is 1. The van der Waals surface area contributed by atoms with Gasteiger partial charge >= 0.3 is 5.97 Å². The molecule has 1 aromatic rings. The molecule has 0 atom stereocenters. The fourth-order valence-electron chi connectivity index (χ4n) is 1.29. The quantitative estimate of drug-likeness (QED) is 0.818. The first-order valence-corrected chi connectivity index (χ1v) is 5.67. The number of amides is 1. The van der Waals surface area contributed by atoms with E-state index >= 15 is 0 Å². The number of aromatic nitrogens is 1. The monoisotopic (exact) mass is 258 g/mol. The number of aromatic amines is 1. The molecule has 17 heavy (non-hydrogen) atoms. The van der Waals surface area contributed by atoms with Gasteiger partial charge in [0.25, 0.3) is 5.91 Å². The van der Waals surface area contributed by atoms with Gasteiger partial charge in [0.05, 0.1) is 18.1 Å². The molecule has 0 aliphatic heterocycles. The number of halogens is 1. The van der Waals surface area contributed by atoms with Gasteiger partial charge in [-0.2, -0.15) is 0 Å². The van der Waals surface area contributed by atoms with Crippen molar-refractivity contribution in [3.05, 3.63) is 23.0 Å². The Bertz CT molecular complexity index is 403. The SMILES string of the molecule is CCOC(=O)CCN(C)C(=O)c1cc(Cl)c[nH]1. The van der Waals surface area contributed by atoms with Gasteiger partial charge in [-0.05, 0) is 13.0 Å². The standard InChI is InChI=1S/C11H15ClN2O3/c1-3-17-10(15)4-5-14(2)11(16)9-6-8(12)7-13-9/h6-7,13H,3-5H2,1-2H3. The van der Waals surface area contributed by atoms with E-state index in [4.69, 9.17) is 16.3 Å². The third-order valence-electron chi connectivity index (χ3n) is 2.18. The van der Waals surface area contributed by atoms with Crippen LogP contribution in [0.3, 0.4) is 0 Å². The number of rotatable bonds is 5. The largest absolute Gasteiger partial charge is 0.466 e. The zero-order valence-corrected chi connectivity index (χ0v) is 10.6. The van der Waals surface area contributed by atoms with E-state index in [9.17, 15) is 9.59 Å². The molecule has 1 heterocycles. The molecule has 0 saturated heterocycles. The highest BCUT2D eigenvalue weighted by molar-refractivity contribution is 6.30. The van der Waals surface area contributed by atoms with Crippen LogP contribution in [0.5, 0.6) is 0 Å². The lowest BCUT2D eigenvalue weighted by atomic mass is 10.3. The molecule has 0 aliphatic rings. The maximum Gasteiger partial charge on any atom is 0.307 e. The van der Waals surface area contributed by atoms with Crippen LogP contribution in [0.1, 0.15) is 23.8 Å². The smallest absolute Gasteiger partial charge is 0.307 e. The third kappa shape index (κ3) is 4.11. The Hall–Kier alpha value is -1.49. The van der Waals surface area contributed by atoms with E-state index in [1.54, 1.807) is 20.0 Å². The van der Waals surface area contributed by atoms with Crippen LogP contribution in [0, 0.1) is 0 Å². The zero-order chi connectivity index (χ0) is 12.8. The van der Waals surface area contributed by atoms with Crippen LogP contribution >= 0.6 is 11.6 Å². The Labute approximate surface area is 105 Å². The van der Waals surface area contributed by atoms with Crippen molar-refractivity contribution in [2.24, 2.45) is 0 Å². The van der Waals surface area contributed by atoms with E-state index in [1.807, 2.05) is 0 Å². The van der Waals surface area contributed by atoms with E-state index in [2.05, 4.69) is 4.98 Å². The molecule has 0 aliphatic carbocycles. The Morgan fingerprint density at radius 1 is 1.53 bits per heavy atom. The van der Waals surface area contributed by atoms with Gasteiger partial charge in [-0.3, -0.25) is 9.59 Å². The lowest BCUT2D eigenvalue weighted by molar-refractivity contribution is -0.143. The van der Waals surface area contributed by atoms with Crippen LogP contribution in [0.15, 0.2) is 12.3 Å². The summed E-state index contributed by atoms with van der Waals surface area (Å²) in [5.41, 5.74) is 0.404. The van der Waals surface area contributed by atoms with Crippen molar-refractivity contribution in [3.63, 3.8) is 0 Å². The number of carbonyl (C=O) groups excluding carboxylic acids is 2. The number of nitrogens with one attached hydrogen (secondary N) is 1. The minimum atomic E-state index is -0.309. The van der Waals surface area contributed by atoms with Crippen molar-refractivity contribution in [1.29, 1.82) is 0 Å². The van der Waals surface area contributed by atoms with Crippen molar-refractivity contribution in [2.75, 3.05) is 20.2 Å². The van der Waals surface area contributed by atoms with Crippen LogP contribution in [-0.2, 0) is 9.53 Å². The van der Waals surface area contributed by atoms with Gasteiger partial charge in [0.1, 0.15) is 5.69 Å². The Morgan fingerprint density at radius 3 is 2.76 bits per heavy atom. The summed E-state index contributed by atoms with van der Waals surface area (Å²) in [4.78, 5) is 27.1. The minimum Gasteiger partial charge on any atom is -0.466 e. The molecule has 0 saturated carbocycles. The van der Waals surface area contributed by atoms with Gasteiger partial charge in [0.2, 0.25) is 0 Å². The first-order valence-electron chi connectivity index (χ1n) is 5.29. The highest BCUT2D eigenvalue weighted by Gasteiger charge is 2.14. The first-order chi connectivity index (χ1) is 8.04. The molecule has 0 spiro atoms. The molecule has 1 aromatic heterocycles. The van der Waals surface area contributed by atoms with Crippen LogP contribution in [0.4, 0.5) is 0 Å². The molecule has 94 valence electrons. The number of carbonyl (C=O) groups is 2. The topological polar surface area (TPSA) is 62.4 Å². The predicted octanol–water partition coefficient (Wildman–Crippen LogP) is 1.69. The maximum absolute atomic E-state index is 11.8. The normalized spacial score (nSPS) is 10.1. The summed E-state index contributed by atoms with van der Waals surface area (Å²) in [6, 6.07) is 1.55. The second-order valence-corrected chi connectivity index (χ2v) is 3.95. The number of esters is 1. The van der Waals surface area contributed by atoms with Gasteiger partial charge in [-0.15, -0.1) is 0 Å². The highest BCUT2D eigenvalue weighted by atomic mass is 35.5. The summed E-state index contributed by atoms with van der Waals surface area (Å²) >= 11 is 5.70. The number of ether oxygens (including phenoxy) is 1. The minimum absolute atomic E-state index is 0.185. The molecule has 1 N–H and O–H groups in total. The fourth-order valence-corrected chi connectivity index (χ4v) is 1.45. The Kier molecular flexibility index (Phi) is 5.03. The number of H-pyrrole nitrogens is 1. The van der Waals surface area contributed by atoms with Crippen molar-refractivity contribution < 1.29 is 14.3 Å². The van der Waals surface area contributed by atoms with Gasteiger partial charge in [0, 0.05) is 19.8 Å². The molecule has 0 fully saturated rings.